The monoisotopic (exact) mass is 618 g/mol. The lowest BCUT2D eigenvalue weighted by Crippen LogP contribution is -2.57. The summed E-state index contributed by atoms with van der Waals surface area (Å²) in [6.07, 6.45) is 0.155. The van der Waals surface area contributed by atoms with Crippen LogP contribution in [0.25, 0.3) is 10.9 Å². The summed E-state index contributed by atoms with van der Waals surface area (Å²) in [5.74, 6) is -7.60. The molecule has 1 heterocycles. The van der Waals surface area contributed by atoms with Crippen molar-refractivity contribution in [2.45, 2.75) is 70.1 Å². The summed E-state index contributed by atoms with van der Waals surface area (Å²) in [5.41, 5.74) is 7.15. The van der Waals surface area contributed by atoms with Gasteiger partial charge in [0.25, 0.3) is 0 Å². The molecule has 44 heavy (non-hydrogen) atoms. The highest BCUT2D eigenvalue weighted by Gasteiger charge is 2.31. The fourth-order valence-corrected chi connectivity index (χ4v) is 4.30. The Morgan fingerprint density at radius 1 is 0.841 bits per heavy atom. The van der Waals surface area contributed by atoms with Crippen LogP contribution in [0.3, 0.4) is 0 Å². The molecule has 0 aliphatic carbocycles. The maximum Gasteiger partial charge on any atom is 0.326 e. The minimum Gasteiger partial charge on any atom is -0.481 e. The van der Waals surface area contributed by atoms with E-state index in [1.807, 2.05) is 0 Å². The predicted molar refractivity (Wildman–Crippen MR) is 155 cm³/mol. The van der Waals surface area contributed by atoms with Crippen molar-refractivity contribution in [1.29, 1.82) is 0 Å². The van der Waals surface area contributed by atoms with E-state index in [0.29, 0.717) is 5.56 Å². The third kappa shape index (κ3) is 11.4. The number of rotatable bonds is 18. The van der Waals surface area contributed by atoms with Gasteiger partial charge in [-0.15, -0.1) is 0 Å². The topological polar surface area (TPSA) is 270 Å². The predicted octanol–water partition coefficient (Wildman–Crippen LogP) is -0.921. The van der Waals surface area contributed by atoms with Crippen molar-refractivity contribution in [3.63, 3.8) is 0 Å². The minimum absolute atomic E-state index is 0.0504. The van der Waals surface area contributed by atoms with Crippen LogP contribution in [0.15, 0.2) is 30.5 Å². The first-order valence-corrected chi connectivity index (χ1v) is 13.8. The molecule has 16 nitrogen and oxygen atoms in total. The largest absolute Gasteiger partial charge is 0.481 e. The molecule has 16 heteroatoms. The van der Waals surface area contributed by atoms with Crippen molar-refractivity contribution < 1.29 is 48.9 Å². The van der Waals surface area contributed by atoms with Crippen LogP contribution in [0, 0.1) is 5.92 Å². The molecule has 0 spiro atoms. The van der Waals surface area contributed by atoms with E-state index < -0.39 is 85.1 Å². The second-order valence-corrected chi connectivity index (χ2v) is 10.6. The Balaban J connectivity index is 2.20. The molecule has 0 bridgehead atoms. The Morgan fingerprint density at radius 2 is 1.50 bits per heavy atom. The summed E-state index contributed by atoms with van der Waals surface area (Å²) in [7, 11) is 0. The fourth-order valence-electron chi connectivity index (χ4n) is 4.30. The molecule has 0 saturated carbocycles. The number of H-pyrrole nitrogens is 1. The van der Waals surface area contributed by atoms with Crippen LogP contribution in [0.1, 0.15) is 45.1 Å². The Labute approximate surface area is 252 Å². The highest BCUT2D eigenvalue weighted by Crippen LogP contribution is 2.19. The van der Waals surface area contributed by atoms with Crippen LogP contribution >= 0.6 is 0 Å². The van der Waals surface area contributed by atoms with Gasteiger partial charge < -0.3 is 47.3 Å². The molecule has 240 valence electrons. The van der Waals surface area contributed by atoms with Gasteiger partial charge in [-0.2, -0.15) is 0 Å². The molecule has 0 saturated heterocycles. The first-order valence-electron chi connectivity index (χ1n) is 13.8. The van der Waals surface area contributed by atoms with Crippen LogP contribution in [0.5, 0.6) is 0 Å². The lowest BCUT2D eigenvalue weighted by Gasteiger charge is -2.23. The third-order valence-corrected chi connectivity index (χ3v) is 6.51. The van der Waals surface area contributed by atoms with E-state index in [0.717, 1.165) is 10.9 Å². The van der Waals surface area contributed by atoms with Gasteiger partial charge in [-0.25, -0.2) is 4.79 Å². The Kier molecular flexibility index (Phi) is 13.3. The Hall–Kier alpha value is -4.99. The molecule has 2 aromatic rings. The van der Waals surface area contributed by atoms with Crippen LogP contribution in [-0.4, -0.2) is 92.6 Å². The molecular formula is C28H38N6O10. The number of para-hydroxylation sites is 1. The molecule has 1 aromatic heterocycles. The molecule has 4 amide bonds. The smallest absolute Gasteiger partial charge is 0.326 e. The van der Waals surface area contributed by atoms with Gasteiger partial charge >= 0.3 is 17.9 Å². The van der Waals surface area contributed by atoms with E-state index in [4.69, 9.17) is 10.8 Å². The number of amides is 4. The number of aliphatic carboxylic acids is 3. The number of nitrogens with two attached hydrogens (primary N) is 1. The van der Waals surface area contributed by atoms with E-state index in [2.05, 4.69) is 26.3 Å². The molecule has 10 N–H and O–H groups in total. The average molecular weight is 619 g/mol. The highest BCUT2D eigenvalue weighted by molar-refractivity contribution is 5.96. The number of aromatic amines is 1. The summed E-state index contributed by atoms with van der Waals surface area (Å²) < 4.78 is 0. The maximum absolute atomic E-state index is 13.4. The van der Waals surface area contributed by atoms with Gasteiger partial charge in [0, 0.05) is 29.9 Å². The zero-order valence-corrected chi connectivity index (χ0v) is 24.3. The first-order chi connectivity index (χ1) is 20.7. The third-order valence-electron chi connectivity index (χ3n) is 6.51. The fraction of sp³-hybridized carbons (Fsp3) is 0.464. The molecular weight excluding hydrogens is 580 g/mol. The Bertz CT molecular complexity index is 1370. The summed E-state index contributed by atoms with van der Waals surface area (Å²) >= 11 is 0. The highest BCUT2D eigenvalue weighted by atomic mass is 16.4. The van der Waals surface area contributed by atoms with Gasteiger partial charge in [-0.05, 0) is 30.4 Å². The van der Waals surface area contributed by atoms with Crippen LogP contribution < -0.4 is 27.0 Å². The van der Waals surface area contributed by atoms with Crippen LogP contribution in [-0.2, 0) is 40.0 Å². The second kappa shape index (κ2) is 16.6. The zero-order chi connectivity index (χ0) is 33.0. The number of carboxylic acids is 3. The van der Waals surface area contributed by atoms with Crippen LogP contribution in [0.4, 0.5) is 0 Å². The van der Waals surface area contributed by atoms with Gasteiger partial charge in [0.05, 0.1) is 19.0 Å². The standard InChI is InChI=1S/C28H38N6O10/c1-14(2)9-21(28(43)44)32-22(35)13-31-26(41)20(11-24(38)39)34-27(42)19(33-25(40)17(29)7-8-23(36)37)10-15-12-30-18-6-4-3-5-16(15)18/h3-6,12,14,17,19-21,30H,7-11,13,29H2,1-2H3,(H,31,41)(H,32,35)(H,33,40)(H,34,42)(H,36,37)(H,38,39)(H,43,44)/t17-,19-,20-,21-/m0/s1. The Morgan fingerprint density at radius 3 is 2.11 bits per heavy atom. The van der Waals surface area contributed by atoms with E-state index in [1.165, 1.54) is 0 Å². The van der Waals surface area contributed by atoms with Crippen molar-refractivity contribution in [2.24, 2.45) is 11.7 Å². The zero-order valence-electron chi connectivity index (χ0n) is 24.3. The number of hydrogen-bond acceptors (Lipinski definition) is 8. The van der Waals surface area contributed by atoms with Crippen molar-refractivity contribution in [1.82, 2.24) is 26.3 Å². The summed E-state index contributed by atoms with van der Waals surface area (Å²) in [6, 6.07) is 1.60. The number of aromatic nitrogens is 1. The number of carboxylic acid groups (broad SMARTS) is 3. The van der Waals surface area contributed by atoms with Crippen molar-refractivity contribution >= 4 is 52.4 Å². The van der Waals surface area contributed by atoms with Gasteiger partial charge in [-0.1, -0.05) is 32.0 Å². The number of carbonyl (C=O) groups excluding carboxylic acids is 4. The first kappa shape index (κ1) is 35.2. The van der Waals surface area contributed by atoms with E-state index >= 15 is 0 Å². The van der Waals surface area contributed by atoms with Crippen molar-refractivity contribution in [3.05, 3.63) is 36.0 Å². The number of hydrogen-bond donors (Lipinski definition) is 9. The molecule has 1 aromatic carbocycles. The average Bonchev–Trinajstić information content (AvgIpc) is 3.35. The molecule has 0 fully saturated rings. The molecule has 0 unspecified atom stereocenters. The SMILES string of the molecule is CC(C)C[C@H](NC(=O)CNC(=O)[C@H](CC(=O)O)NC(=O)[C@H](Cc1c[nH]c2ccccc12)NC(=O)[C@@H](N)CCC(=O)O)C(=O)O. The van der Waals surface area contributed by atoms with Gasteiger partial charge in [0.2, 0.25) is 23.6 Å². The summed E-state index contributed by atoms with van der Waals surface area (Å²) in [6.45, 7) is 2.84. The number of carbonyl (C=O) groups is 7. The lowest BCUT2D eigenvalue weighted by atomic mass is 10.0. The van der Waals surface area contributed by atoms with Crippen molar-refractivity contribution in [2.75, 3.05) is 6.54 Å². The lowest BCUT2D eigenvalue weighted by molar-refractivity contribution is -0.143. The maximum atomic E-state index is 13.4. The van der Waals surface area contributed by atoms with E-state index in [9.17, 15) is 43.8 Å². The minimum atomic E-state index is -1.68. The van der Waals surface area contributed by atoms with Crippen molar-refractivity contribution in [3.8, 4) is 0 Å². The number of fused-ring (bicyclic) bond motifs is 1. The summed E-state index contributed by atoms with van der Waals surface area (Å²) in [4.78, 5) is 88.2. The molecule has 0 aliphatic heterocycles. The molecule has 0 aliphatic rings. The molecule has 0 radical (unpaired) electrons. The van der Waals surface area contributed by atoms with E-state index in [-0.39, 0.29) is 25.2 Å². The van der Waals surface area contributed by atoms with Crippen LogP contribution in [0.2, 0.25) is 0 Å². The van der Waals surface area contributed by atoms with Gasteiger partial charge in [0.15, 0.2) is 0 Å². The normalized spacial score (nSPS) is 13.7. The summed E-state index contributed by atoms with van der Waals surface area (Å²) in [5, 5.41) is 37.5. The molecule has 4 atom stereocenters. The second-order valence-electron chi connectivity index (χ2n) is 10.6. The molecule has 2 rings (SSSR count). The number of nitrogens with one attached hydrogen (secondary N) is 5. The van der Waals surface area contributed by atoms with E-state index in [1.54, 1.807) is 44.3 Å². The number of benzene rings is 1. The van der Waals surface area contributed by atoms with Gasteiger partial charge in [-0.3, -0.25) is 28.8 Å². The van der Waals surface area contributed by atoms with Gasteiger partial charge in [0.1, 0.15) is 18.1 Å². The quantitative estimate of drug-likeness (QED) is 0.0985.